The molecule has 1 unspecified atom stereocenters. The molecule has 1 aliphatic heterocycles. The Kier molecular flexibility index (Phi) is 8.05. The van der Waals surface area contributed by atoms with Crippen molar-refractivity contribution >= 4 is 17.8 Å². The number of nitrogens with zero attached hydrogens (tertiary/aromatic N) is 6. The first kappa shape index (κ1) is 26.5. The van der Waals surface area contributed by atoms with E-state index in [-0.39, 0.29) is 12.5 Å². The number of nitrogens with one attached hydrogen (secondary N) is 1. The fraction of sp³-hybridized carbons (Fsp3) is 0.250. The number of hydrogen-bond donors (Lipinski definition) is 1. The van der Waals surface area contributed by atoms with Crippen molar-refractivity contribution in [3.63, 3.8) is 0 Å². The number of rotatable bonds is 8. The van der Waals surface area contributed by atoms with E-state index in [2.05, 4.69) is 20.3 Å². The van der Waals surface area contributed by atoms with Crippen LogP contribution in [0.25, 0.3) is 5.82 Å². The largest absolute Gasteiger partial charge is 0.497 e. The van der Waals surface area contributed by atoms with Gasteiger partial charge in [0.1, 0.15) is 47.6 Å². The molecule has 0 radical (unpaired) electrons. The number of aromatic nitrogens is 4. The highest BCUT2D eigenvalue weighted by molar-refractivity contribution is 5.86. The second-order valence-electron chi connectivity index (χ2n) is 8.97. The number of imidazole rings is 1. The number of benzene rings is 2. The van der Waals surface area contributed by atoms with Gasteiger partial charge < -0.3 is 29.3 Å². The standard InChI is InChI=1S/C28H29N7O5/c1-38-21-6-8-22(9-7-21)40-28(37)33-12-13-35(26-15-25(31-18-32-26)34-11-10-29-19-34)24(17-33)27(36)30-16-20-4-3-5-23(14-20)39-2/h3-11,14-15,18-19,24H,12-13,16-17H2,1-2H3,(H,30,36). The first-order valence-corrected chi connectivity index (χ1v) is 12.6. The van der Waals surface area contributed by atoms with Gasteiger partial charge in [0.25, 0.3) is 0 Å². The summed E-state index contributed by atoms with van der Waals surface area (Å²) >= 11 is 0. The SMILES string of the molecule is COc1ccc(OC(=O)N2CCN(c3cc(-n4ccnc4)ncn3)C(C(=O)NCc3cccc(OC)c3)C2)cc1. The number of anilines is 1. The van der Waals surface area contributed by atoms with Crippen molar-refractivity contribution in [2.75, 3.05) is 38.8 Å². The van der Waals surface area contributed by atoms with Gasteiger partial charge in [-0.15, -0.1) is 0 Å². The molecule has 12 nitrogen and oxygen atoms in total. The molecule has 1 saturated heterocycles. The van der Waals surface area contributed by atoms with Crippen LogP contribution in [0.1, 0.15) is 5.56 Å². The van der Waals surface area contributed by atoms with Gasteiger partial charge in [0.15, 0.2) is 0 Å². The Hall–Kier alpha value is -5.13. The van der Waals surface area contributed by atoms with Gasteiger partial charge in [-0.3, -0.25) is 9.36 Å². The Morgan fingerprint density at radius 3 is 2.48 bits per heavy atom. The molecule has 4 aromatic rings. The van der Waals surface area contributed by atoms with Crippen molar-refractivity contribution in [1.82, 2.24) is 29.7 Å². The Morgan fingerprint density at radius 2 is 1.73 bits per heavy atom. The van der Waals surface area contributed by atoms with Crippen LogP contribution in [0.15, 0.2) is 79.6 Å². The van der Waals surface area contributed by atoms with E-state index < -0.39 is 12.1 Å². The van der Waals surface area contributed by atoms with E-state index >= 15 is 0 Å². The van der Waals surface area contributed by atoms with Crippen molar-refractivity contribution < 1.29 is 23.8 Å². The molecule has 1 atom stereocenters. The predicted molar refractivity (Wildman–Crippen MR) is 146 cm³/mol. The zero-order chi connectivity index (χ0) is 27.9. The second kappa shape index (κ2) is 12.2. The van der Waals surface area contributed by atoms with Crippen LogP contribution >= 0.6 is 0 Å². The molecule has 0 saturated carbocycles. The summed E-state index contributed by atoms with van der Waals surface area (Å²) in [5, 5.41) is 3.00. The summed E-state index contributed by atoms with van der Waals surface area (Å²) in [6.07, 6.45) is 5.97. The number of ether oxygens (including phenoxy) is 3. The van der Waals surface area contributed by atoms with Crippen LogP contribution in [0.5, 0.6) is 17.2 Å². The third-order valence-corrected chi connectivity index (χ3v) is 6.51. The van der Waals surface area contributed by atoms with Crippen LogP contribution in [0, 0.1) is 0 Å². The lowest BCUT2D eigenvalue weighted by Gasteiger charge is -2.40. The molecular formula is C28H29N7O5. The molecule has 40 heavy (non-hydrogen) atoms. The predicted octanol–water partition coefficient (Wildman–Crippen LogP) is 2.69. The van der Waals surface area contributed by atoms with Crippen LogP contribution in [0.4, 0.5) is 10.6 Å². The minimum absolute atomic E-state index is 0.101. The molecule has 2 amide bonds. The average Bonchev–Trinajstić information content (AvgIpc) is 3.55. The first-order chi connectivity index (χ1) is 19.5. The zero-order valence-corrected chi connectivity index (χ0v) is 22.1. The van der Waals surface area contributed by atoms with Crippen molar-refractivity contribution in [1.29, 1.82) is 0 Å². The number of hydrogen-bond acceptors (Lipinski definition) is 9. The molecular weight excluding hydrogens is 514 g/mol. The molecule has 0 spiro atoms. The zero-order valence-electron chi connectivity index (χ0n) is 22.1. The van der Waals surface area contributed by atoms with E-state index in [1.54, 1.807) is 67.8 Å². The third kappa shape index (κ3) is 6.12. The van der Waals surface area contributed by atoms with Crippen LogP contribution in [0.3, 0.4) is 0 Å². The van der Waals surface area contributed by atoms with Gasteiger partial charge in [-0.25, -0.2) is 19.7 Å². The molecule has 5 rings (SSSR count). The Labute approximate surface area is 231 Å². The Morgan fingerprint density at radius 1 is 0.950 bits per heavy atom. The maximum Gasteiger partial charge on any atom is 0.415 e. The highest BCUT2D eigenvalue weighted by atomic mass is 16.6. The smallest absolute Gasteiger partial charge is 0.415 e. The summed E-state index contributed by atoms with van der Waals surface area (Å²) in [6.45, 7) is 1.08. The van der Waals surface area contributed by atoms with Crippen molar-refractivity contribution in [3.05, 3.63) is 85.2 Å². The van der Waals surface area contributed by atoms with E-state index in [0.717, 1.165) is 5.56 Å². The molecule has 1 N–H and O–H groups in total. The van der Waals surface area contributed by atoms with Crippen molar-refractivity contribution in [2.24, 2.45) is 0 Å². The van der Waals surface area contributed by atoms with Gasteiger partial charge in [-0.1, -0.05) is 12.1 Å². The van der Waals surface area contributed by atoms with Crippen LogP contribution in [-0.4, -0.2) is 76.3 Å². The number of carbonyl (C=O) groups is 2. The lowest BCUT2D eigenvalue weighted by molar-refractivity contribution is -0.123. The minimum Gasteiger partial charge on any atom is -0.497 e. The van der Waals surface area contributed by atoms with Gasteiger partial charge in [0.05, 0.1) is 20.8 Å². The molecule has 2 aromatic heterocycles. The Balaban J connectivity index is 1.35. The van der Waals surface area contributed by atoms with E-state index in [1.807, 2.05) is 29.2 Å². The summed E-state index contributed by atoms with van der Waals surface area (Å²) in [7, 11) is 3.16. The lowest BCUT2D eigenvalue weighted by atomic mass is 10.1. The van der Waals surface area contributed by atoms with Gasteiger partial charge in [-0.05, 0) is 42.0 Å². The topological polar surface area (TPSA) is 124 Å². The van der Waals surface area contributed by atoms with Gasteiger partial charge in [0, 0.05) is 38.1 Å². The highest BCUT2D eigenvalue weighted by Gasteiger charge is 2.36. The summed E-state index contributed by atoms with van der Waals surface area (Å²) < 4.78 is 17.8. The highest BCUT2D eigenvalue weighted by Crippen LogP contribution is 2.23. The molecule has 2 aromatic carbocycles. The molecule has 0 bridgehead atoms. The Bertz CT molecular complexity index is 1450. The van der Waals surface area contributed by atoms with Gasteiger partial charge in [-0.2, -0.15) is 0 Å². The number of amides is 2. The van der Waals surface area contributed by atoms with Gasteiger partial charge in [0.2, 0.25) is 5.91 Å². The van der Waals surface area contributed by atoms with Crippen molar-refractivity contribution in [2.45, 2.75) is 12.6 Å². The average molecular weight is 544 g/mol. The molecule has 12 heteroatoms. The molecule has 3 heterocycles. The van der Waals surface area contributed by atoms with E-state index in [0.29, 0.717) is 48.5 Å². The molecule has 1 fully saturated rings. The van der Waals surface area contributed by atoms with Gasteiger partial charge >= 0.3 is 6.09 Å². The normalized spacial score (nSPS) is 14.9. The third-order valence-electron chi connectivity index (χ3n) is 6.51. The van der Waals surface area contributed by atoms with Crippen LogP contribution in [0.2, 0.25) is 0 Å². The van der Waals surface area contributed by atoms with E-state index in [1.165, 1.54) is 11.2 Å². The summed E-state index contributed by atoms with van der Waals surface area (Å²) in [4.78, 5) is 42.9. The maximum absolute atomic E-state index is 13.6. The fourth-order valence-corrected chi connectivity index (χ4v) is 4.38. The monoisotopic (exact) mass is 543 g/mol. The number of methoxy groups -OCH3 is 2. The van der Waals surface area contributed by atoms with Crippen molar-refractivity contribution in [3.8, 4) is 23.1 Å². The summed E-state index contributed by atoms with van der Waals surface area (Å²) in [6, 6.07) is 15.3. The summed E-state index contributed by atoms with van der Waals surface area (Å²) in [5.41, 5.74) is 0.885. The lowest BCUT2D eigenvalue weighted by Crippen LogP contribution is -2.60. The molecule has 0 aliphatic carbocycles. The van der Waals surface area contributed by atoms with Crippen LogP contribution in [-0.2, 0) is 11.3 Å². The number of carbonyl (C=O) groups excluding carboxylic acids is 2. The fourth-order valence-electron chi connectivity index (χ4n) is 4.38. The summed E-state index contributed by atoms with van der Waals surface area (Å²) in [5.74, 6) is 2.65. The first-order valence-electron chi connectivity index (χ1n) is 12.6. The van der Waals surface area contributed by atoms with E-state index in [9.17, 15) is 9.59 Å². The van der Waals surface area contributed by atoms with E-state index in [4.69, 9.17) is 14.2 Å². The van der Waals surface area contributed by atoms with Crippen LogP contribution < -0.4 is 24.4 Å². The molecule has 206 valence electrons. The second-order valence-corrected chi connectivity index (χ2v) is 8.97. The molecule has 1 aliphatic rings. The maximum atomic E-state index is 13.6. The number of piperazine rings is 1. The minimum atomic E-state index is -0.728. The quantitative estimate of drug-likeness (QED) is 0.357.